The van der Waals surface area contributed by atoms with Crippen LogP contribution in [0.4, 0.5) is 0 Å². The first-order chi connectivity index (χ1) is 18.2. The number of aromatic carboxylic acids is 1. The number of hydrogen-bond acceptors (Lipinski definition) is 2. The van der Waals surface area contributed by atoms with Crippen molar-refractivity contribution >= 4 is 27.6 Å². The van der Waals surface area contributed by atoms with Crippen LogP contribution >= 0.6 is 0 Å². The van der Waals surface area contributed by atoms with Crippen LogP contribution in [-0.4, -0.2) is 22.8 Å². The number of carboxylic acids is 1. The number of aromatic nitrogens is 1. The molecule has 0 bridgehead atoms. The number of fused-ring (bicyclic) bond motifs is 2. The molecule has 37 heavy (non-hydrogen) atoms. The Morgan fingerprint density at radius 1 is 0.730 bits per heavy atom. The van der Waals surface area contributed by atoms with Crippen LogP contribution in [0.5, 0.6) is 5.75 Å². The molecule has 0 saturated carbocycles. The molecule has 0 radical (unpaired) electrons. The molecule has 0 atom stereocenters. The SMILES string of the molecule is COc1ccccc1-c1cn(Cc2cccc3ccccc23)c2cccc(-c3ccccc3C(=O)O)c12. The molecule has 4 nitrogen and oxygen atoms in total. The summed E-state index contributed by atoms with van der Waals surface area (Å²) in [6, 6.07) is 36.1. The lowest BCUT2D eigenvalue weighted by Crippen LogP contribution is -2.00. The Balaban J connectivity index is 1.65. The van der Waals surface area contributed by atoms with Crippen LogP contribution in [0.1, 0.15) is 15.9 Å². The monoisotopic (exact) mass is 483 g/mol. The molecule has 6 aromatic rings. The number of benzene rings is 5. The Morgan fingerprint density at radius 2 is 1.41 bits per heavy atom. The lowest BCUT2D eigenvalue weighted by Gasteiger charge is -2.12. The van der Waals surface area contributed by atoms with E-state index in [9.17, 15) is 9.90 Å². The zero-order valence-electron chi connectivity index (χ0n) is 20.4. The summed E-state index contributed by atoms with van der Waals surface area (Å²) >= 11 is 0. The summed E-state index contributed by atoms with van der Waals surface area (Å²) in [5.74, 6) is -0.172. The first-order valence-electron chi connectivity index (χ1n) is 12.2. The Kier molecular flexibility index (Phi) is 5.70. The Bertz CT molecular complexity index is 1770. The molecule has 180 valence electrons. The highest BCUT2D eigenvalue weighted by atomic mass is 16.5. The highest BCUT2D eigenvalue weighted by Gasteiger charge is 2.20. The fourth-order valence-corrected chi connectivity index (χ4v) is 5.30. The predicted molar refractivity (Wildman–Crippen MR) is 149 cm³/mol. The third-order valence-corrected chi connectivity index (χ3v) is 6.97. The van der Waals surface area contributed by atoms with Gasteiger partial charge in [0.15, 0.2) is 0 Å². The van der Waals surface area contributed by atoms with Crippen LogP contribution in [-0.2, 0) is 6.54 Å². The van der Waals surface area contributed by atoms with E-state index in [1.807, 2.05) is 42.5 Å². The smallest absolute Gasteiger partial charge is 0.336 e. The van der Waals surface area contributed by atoms with Crippen molar-refractivity contribution in [3.63, 3.8) is 0 Å². The van der Waals surface area contributed by atoms with Gasteiger partial charge in [0, 0.05) is 34.8 Å². The van der Waals surface area contributed by atoms with Crippen LogP contribution in [0.15, 0.2) is 115 Å². The predicted octanol–water partition coefficient (Wildman–Crippen LogP) is 7.88. The maximum Gasteiger partial charge on any atom is 0.336 e. The third-order valence-electron chi connectivity index (χ3n) is 6.97. The quantitative estimate of drug-likeness (QED) is 0.262. The van der Waals surface area contributed by atoms with Crippen molar-refractivity contribution in [3.05, 3.63) is 127 Å². The number of methoxy groups -OCH3 is 1. The van der Waals surface area contributed by atoms with Gasteiger partial charge in [-0.2, -0.15) is 0 Å². The van der Waals surface area contributed by atoms with Gasteiger partial charge >= 0.3 is 5.97 Å². The molecule has 1 N–H and O–H groups in total. The summed E-state index contributed by atoms with van der Waals surface area (Å²) in [6.45, 7) is 0.678. The van der Waals surface area contributed by atoms with Crippen molar-refractivity contribution in [3.8, 4) is 28.0 Å². The average Bonchev–Trinajstić information content (AvgIpc) is 3.31. The molecule has 6 rings (SSSR count). The van der Waals surface area contributed by atoms with E-state index < -0.39 is 5.97 Å². The summed E-state index contributed by atoms with van der Waals surface area (Å²) < 4.78 is 7.99. The van der Waals surface area contributed by atoms with Crippen molar-refractivity contribution in [2.24, 2.45) is 0 Å². The van der Waals surface area contributed by atoms with E-state index in [0.717, 1.165) is 33.3 Å². The van der Waals surface area contributed by atoms with Gasteiger partial charge in [0.25, 0.3) is 0 Å². The van der Waals surface area contributed by atoms with Crippen molar-refractivity contribution in [2.75, 3.05) is 7.11 Å². The van der Waals surface area contributed by atoms with Gasteiger partial charge in [0.05, 0.1) is 12.7 Å². The standard InChI is InChI=1S/C33H25NO3/c1-37-31-19-7-6-15-26(31)29-21-34(20-23-12-8-11-22-10-2-3-13-24(22)23)30-18-9-17-27(32(29)30)25-14-4-5-16-28(25)33(35)36/h2-19,21H,20H2,1H3,(H,35,36). The van der Waals surface area contributed by atoms with Crippen LogP contribution in [0.25, 0.3) is 43.9 Å². The second-order valence-corrected chi connectivity index (χ2v) is 9.06. The molecule has 0 spiro atoms. The third kappa shape index (κ3) is 3.93. The minimum Gasteiger partial charge on any atom is -0.496 e. The highest BCUT2D eigenvalue weighted by Crippen LogP contribution is 2.42. The maximum absolute atomic E-state index is 12.1. The van der Waals surface area contributed by atoms with E-state index in [1.165, 1.54) is 16.3 Å². The Hall–Kier alpha value is -4.83. The number of nitrogens with zero attached hydrogens (tertiary/aromatic N) is 1. The van der Waals surface area contributed by atoms with Crippen molar-refractivity contribution in [1.29, 1.82) is 0 Å². The Morgan fingerprint density at radius 3 is 2.24 bits per heavy atom. The molecule has 0 aliphatic carbocycles. The van der Waals surface area contributed by atoms with Gasteiger partial charge in [-0.15, -0.1) is 0 Å². The van der Waals surface area contributed by atoms with E-state index >= 15 is 0 Å². The molecule has 0 unspecified atom stereocenters. The van der Waals surface area contributed by atoms with Crippen LogP contribution in [0.2, 0.25) is 0 Å². The molecule has 0 aliphatic rings. The number of carboxylic acid groups (broad SMARTS) is 1. The average molecular weight is 484 g/mol. The van der Waals surface area contributed by atoms with Gasteiger partial charge in [-0.25, -0.2) is 4.79 Å². The van der Waals surface area contributed by atoms with E-state index in [2.05, 4.69) is 65.4 Å². The zero-order valence-corrected chi connectivity index (χ0v) is 20.4. The molecule has 0 aliphatic heterocycles. The second kappa shape index (κ2) is 9.32. The summed E-state index contributed by atoms with van der Waals surface area (Å²) in [5.41, 5.74) is 6.08. The second-order valence-electron chi connectivity index (χ2n) is 9.06. The van der Waals surface area contributed by atoms with Crippen LogP contribution < -0.4 is 4.74 Å². The van der Waals surface area contributed by atoms with Gasteiger partial charge in [-0.05, 0) is 45.7 Å². The summed E-state index contributed by atoms with van der Waals surface area (Å²) in [4.78, 5) is 12.1. The van der Waals surface area contributed by atoms with Crippen LogP contribution in [0, 0.1) is 0 Å². The van der Waals surface area contributed by atoms with E-state index in [0.29, 0.717) is 12.1 Å². The molecular formula is C33H25NO3. The number of rotatable bonds is 6. The van der Waals surface area contributed by atoms with Crippen molar-refractivity contribution in [1.82, 2.24) is 4.57 Å². The topological polar surface area (TPSA) is 51.5 Å². The van der Waals surface area contributed by atoms with Crippen molar-refractivity contribution < 1.29 is 14.6 Å². The van der Waals surface area contributed by atoms with E-state index in [-0.39, 0.29) is 5.56 Å². The maximum atomic E-state index is 12.1. The van der Waals surface area contributed by atoms with Gasteiger partial charge in [0.2, 0.25) is 0 Å². The van der Waals surface area contributed by atoms with Gasteiger partial charge < -0.3 is 14.4 Å². The minimum atomic E-state index is -0.943. The van der Waals surface area contributed by atoms with Gasteiger partial charge in [-0.3, -0.25) is 0 Å². The summed E-state index contributed by atoms with van der Waals surface area (Å²) in [6.07, 6.45) is 2.16. The normalized spacial score (nSPS) is 11.2. The van der Waals surface area contributed by atoms with Crippen LogP contribution in [0.3, 0.4) is 0 Å². The molecule has 5 aromatic carbocycles. The first-order valence-corrected chi connectivity index (χ1v) is 12.2. The number of carbonyl (C=O) groups is 1. The fourth-order valence-electron chi connectivity index (χ4n) is 5.30. The lowest BCUT2D eigenvalue weighted by molar-refractivity contribution is 0.0697. The molecule has 1 heterocycles. The van der Waals surface area contributed by atoms with Gasteiger partial charge in [-0.1, -0.05) is 91.0 Å². The van der Waals surface area contributed by atoms with Crippen molar-refractivity contribution in [2.45, 2.75) is 6.54 Å². The summed E-state index contributed by atoms with van der Waals surface area (Å²) in [5, 5.41) is 13.4. The number of ether oxygens (including phenoxy) is 1. The molecule has 0 fully saturated rings. The molecular weight excluding hydrogens is 458 g/mol. The lowest BCUT2D eigenvalue weighted by atomic mass is 9.93. The number of para-hydroxylation sites is 1. The Labute approximate surface area is 215 Å². The molecule has 0 amide bonds. The minimum absolute atomic E-state index is 0.280. The van der Waals surface area contributed by atoms with Gasteiger partial charge in [0.1, 0.15) is 5.75 Å². The molecule has 0 saturated heterocycles. The fraction of sp³-hybridized carbons (Fsp3) is 0.0606. The first kappa shape index (κ1) is 22.6. The molecule has 1 aromatic heterocycles. The number of hydrogen-bond donors (Lipinski definition) is 1. The van der Waals surface area contributed by atoms with E-state index in [4.69, 9.17) is 4.74 Å². The highest BCUT2D eigenvalue weighted by molar-refractivity contribution is 6.10. The zero-order chi connectivity index (χ0) is 25.4. The largest absolute Gasteiger partial charge is 0.496 e. The summed E-state index contributed by atoms with van der Waals surface area (Å²) in [7, 11) is 1.68. The van der Waals surface area contributed by atoms with E-state index in [1.54, 1.807) is 19.2 Å². The molecule has 4 heteroatoms.